The molecule has 6 aliphatic rings. The van der Waals surface area contributed by atoms with Gasteiger partial charge in [0.05, 0.1) is 6.10 Å². The van der Waals surface area contributed by atoms with Gasteiger partial charge >= 0.3 is 0 Å². The van der Waals surface area contributed by atoms with Crippen LogP contribution in [0.25, 0.3) is 0 Å². The van der Waals surface area contributed by atoms with Crippen molar-refractivity contribution < 1.29 is 9.90 Å². The molecule has 0 spiro atoms. The summed E-state index contributed by atoms with van der Waals surface area (Å²) >= 11 is 0. The number of ketones is 1. The Morgan fingerprint density at radius 3 is 2.54 bits per heavy atom. The molecule has 0 aromatic carbocycles. The molecule has 0 aromatic heterocycles. The number of hydrogen-bond donors (Lipinski definition) is 1. The van der Waals surface area contributed by atoms with Crippen LogP contribution in [-0.4, -0.2) is 17.0 Å². The van der Waals surface area contributed by atoms with Gasteiger partial charge in [-0.1, -0.05) is 0 Å². The quantitative estimate of drug-likeness (QED) is 0.576. The van der Waals surface area contributed by atoms with Crippen LogP contribution in [-0.2, 0) is 4.79 Å². The smallest absolute Gasteiger partial charge is 0.140 e. The topological polar surface area (TPSA) is 37.3 Å². The van der Waals surface area contributed by atoms with Gasteiger partial charge in [0, 0.05) is 11.8 Å². The summed E-state index contributed by atoms with van der Waals surface area (Å²) in [5, 5.41) is 10.1. The van der Waals surface area contributed by atoms with E-state index < -0.39 is 0 Å². The van der Waals surface area contributed by atoms with Crippen LogP contribution < -0.4 is 0 Å². The Bertz CT molecular complexity index is 348. The van der Waals surface area contributed by atoms with E-state index in [9.17, 15) is 9.90 Å². The van der Waals surface area contributed by atoms with Gasteiger partial charge in [-0.25, -0.2) is 0 Å². The summed E-state index contributed by atoms with van der Waals surface area (Å²) < 4.78 is 0. The van der Waals surface area contributed by atoms with Crippen molar-refractivity contribution in [3.8, 4) is 0 Å². The molecule has 0 amide bonds. The van der Waals surface area contributed by atoms with Gasteiger partial charge in [-0.2, -0.15) is 0 Å². The first-order chi connectivity index (χ1) is 6.30. The first-order valence-corrected chi connectivity index (χ1v) is 5.52. The lowest BCUT2D eigenvalue weighted by atomic mass is 9.71. The monoisotopic (exact) mass is 176 g/mol. The minimum absolute atomic E-state index is 0.0913. The molecular formula is C11H12O2. The van der Waals surface area contributed by atoms with Crippen molar-refractivity contribution in [1.29, 1.82) is 0 Å². The first-order valence-electron chi connectivity index (χ1n) is 5.52. The van der Waals surface area contributed by atoms with E-state index in [1.807, 2.05) is 0 Å². The van der Waals surface area contributed by atoms with Gasteiger partial charge in [0.25, 0.3) is 0 Å². The van der Waals surface area contributed by atoms with Crippen LogP contribution in [0, 0.1) is 47.3 Å². The highest BCUT2D eigenvalue weighted by Crippen LogP contribution is 2.81. The predicted octanol–water partition coefficient (Wildman–Crippen LogP) is 0.304. The standard InChI is InChI=1S/C11H12O2/c12-10-6-2-1-3-5(6)9-8(10)4(2)7(3)11(9)13/h2-10,12H,1H2. The Morgan fingerprint density at radius 2 is 1.77 bits per heavy atom. The molecule has 2 nitrogen and oxygen atoms in total. The van der Waals surface area contributed by atoms with Crippen molar-refractivity contribution in [2.45, 2.75) is 12.5 Å². The number of Topliss-reactive ketones (excluding diaryl/α,β-unsaturated/α-hetero) is 1. The zero-order valence-corrected chi connectivity index (χ0v) is 7.26. The number of hydrogen-bond acceptors (Lipinski definition) is 2. The minimum Gasteiger partial charge on any atom is -0.392 e. The Hall–Kier alpha value is -0.370. The zero-order valence-electron chi connectivity index (χ0n) is 7.26. The predicted molar refractivity (Wildman–Crippen MR) is 43.6 cm³/mol. The lowest BCUT2D eigenvalue weighted by molar-refractivity contribution is -0.122. The molecule has 2 heteroatoms. The van der Waals surface area contributed by atoms with Crippen LogP contribution in [0.1, 0.15) is 6.42 Å². The number of rotatable bonds is 0. The van der Waals surface area contributed by atoms with Crippen molar-refractivity contribution in [3.05, 3.63) is 0 Å². The van der Waals surface area contributed by atoms with E-state index in [1.165, 1.54) is 6.42 Å². The second kappa shape index (κ2) is 1.40. The summed E-state index contributed by atoms with van der Waals surface area (Å²) in [5.41, 5.74) is 0. The highest BCUT2D eigenvalue weighted by Gasteiger charge is 2.83. The number of aliphatic hydroxyl groups excluding tert-OH is 1. The van der Waals surface area contributed by atoms with Crippen molar-refractivity contribution >= 4 is 5.78 Å². The second-order valence-corrected chi connectivity index (χ2v) is 5.82. The fraction of sp³-hybridized carbons (Fsp3) is 0.909. The van der Waals surface area contributed by atoms with Crippen LogP contribution in [0.3, 0.4) is 0 Å². The molecule has 9 unspecified atom stereocenters. The number of carbonyl (C=O) groups is 1. The fourth-order valence-corrected chi connectivity index (χ4v) is 6.26. The SMILES string of the molecule is O=C1C2C3C(O)C4C5CC(C1C53)C24. The van der Waals surface area contributed by atoms with Gasteiger partial charge in [0.1, 0.15) is 5.78 Å². The maximum Gasteiger partial charge on any atom is 0.140 e. The third-order valence-electron chi connectivity index (χ3n) is 6.07. The second-order valence-electron chi connectivity index (χ2n) is 5.82. The lowest BCUT2D eigenvalue weighted by Gasteiger charge is -2.31. The molecule has 6 aliphatic carbocycles. The van der Waals surface area contributed by atoms with Crippen molar-refractivity contribution in [2.24, 2.45) is 47.3 Å². The molecule has 6 rings (SSSR count). The van der Waals surface area contributed by atoms with Gasteiger partial charge in [0.15, 0.2) is 0 Å². The molecule has 68 valence electrons. The Kier molecular flexibility index (Phi) is 0.666. The van der Waals surface area contributed by atoms with Gasteiger partial charge in [-0.15, -0.1) is 0 Å². The van der Waals surface area contributed by atoms with Gasteiger partial charge in [0.2, 0.25) is 0 Å². The third-order valence-corrected chi connectivity index (χ3v) is 6.07. The average molecular weight is 176 g/mol. The third kappa shape index (κ3) is 0.349. The summed E-state index contributed by atoms with van der Waals surface area (Å²) in [7, 11) is 0. The van der Waals surface area contributed by atoms with Crippen molar-refractivity contribution in [3.63, 3.8) is 0 Å². The summed E-state index contributed by atoms with van der Waals surface area (Å²) in [6.07, 6.45) is 1.19. The fourth-order valence-electron chi connectivity index (χ4n) is 6.26. The molecule has 6 bridgehead atoms. The molecule has 0 radical (unpaired) electrons. The number of carbonyl (C=O) groups excluding carboxylic acids is 1. The van der Waals surface area contributed by atoms with Crippen LogP contribution in [0.5, 0.6) is 0 Å². The van der Waals surface area contributed by atoms with E-state index in [4.69, 9.17) is 0 Å². The summed E-state index contributed by atoms with van der Waals surface area (Å²) in [6.45, 7) is 0. The Morgan fingerprint density at radius 1 is 1.00 bits per heavy atom. The number of aliphatic hydroxyl groups is 1. The van der Waals surface area contributed by atoms with Gasteiger partial charge in [-0.3, -0.25) is 4.79 Å². The van der Waals surface area contributed by atoms with E-state index >= 15 is 0 Å². The molecule has 0 heterocycles. The van der Waals surface area contributed by atoms with E-state index in [0.717, 1.165) is 5.92 Å². The van der Waals surface area contributed by atoms with E-state index in [1.54, 1.807) is 0 Å². The van der Waals surface area contributed by atoms with Gasteiger partial charge < -0.3 is 5.11 Å². The van der Waals surface area contributed by atoms with E-state index in [2.05, 4.69) is 0 Å². The van der Waals surface area contributed by atoms with E-state index in [-0.39, 0.29) is 6.10 Å². The molecule has 13 heavy (non-hydrogen) atoms. The Balaban J connectivity index is 1.90. The normalized spacial score (nSPS) is 79.8. The highest BCUT2D eigenvalue weighted by molar-refractivity contribution is 5.92. The lowest BCUT2D eigenvalue weighted by Crippen LogP contribution is -2.30. The van der Waals surface area contributed by atoms with Crippen LogP contribution in [0.2, 0.25) is 0 Å². The average Bonchev–Trinajstić information content (AvgIpc) is 2.78. The summed E-state index contributed by atoms with van der Waals surface area (Å²) in [6, 6.07) is 0. The molecule has 6 saturated carbocycles. The van der Waals surface area contributed by atoms with Crippen molar-refractivity contribution in [2.75, 3.05) is 0 Å². The van der Waals surface area contributed by atoms with Crippen molar-refractivity contribution in [1.82, 2.24) is 0 Å². The minimum atomic E-state index is -0.0913. The summed E-state index contributed by atoms with van der Waals surface area (Å²) in [4.78, 5) is 11.9. The molecule has 9 atom stereocenters. The van der Waals surface area contributed by atoms with E-state index in [0.29, 0.717) is 47.2 Å². The Labute approximate surface area is 76.3 Å². The maximum absolute atomic E-state index is 11.9. The molecule has 6 fully saturated rings. The largest absolute Gasteiger partial charge is 0.392 e. The highest BCUT2D eigenvalue weighted by atomic mass is 16.3. The molecule has 0 aliphatic heterocycles. The van der Waals surface area contributed by atoms with Crippen LogP contribution in [0.15, 0.2) is 0 Å². The molecule has 1 N–H and O–H groups in total. The summed E-state index contributed by atoms with van der Waals surface area (Å²) in [5.74, 6) is 4.97. The molecular weight excluding hydrogens is 164 g/mol. The van der Waals surface area contributed by atoms with Crippen LogP contribution >= 0.6 is 0 Å². The van der Waals surface area contributed by atoms with Gasteiger partial charge in [-0.05, 0) is 41.9 Å². The zero-order chi connectivity index (χ0) is 8.48. The molecule has 0 saturated heterocycles. The molecule has 0 aromatic rings. The maximum atomic E-state index is 11.9. The first kappa shape index (κ1) is 6.18. The van der Waals surface area contributed by atoms with Crippen LogP contribution in [0.4, 0.5) is 0 Å².